The molecule has 0 radical (unpaired) electrons. The third-order valence-electron chi connectivity index (χ3n) is 5.79. The highest BCUT2D eigenvalue weighted by Gasteiger charge is 2.32. The highest BCUT2D eigenvalue weighted by atomic mass is 32.2. The zero-order valence-corrected chi connectivity index (χ0v) is 18.0. The number of fused-ring (bicyclic) bond motifs is 1. The molecule has 2 aromatic rings. The molecule has 1 atom stereocenters. The second kappa shape index (κ2) is 8.39. The molecule has 0 saturated carbocycles. The Hall–Kier alpha value is -2.78. The van der Waals surface area contributed by atoms with Crippen molar-refractivity contribution in [2.75, 3.05) is 23.7 Å². The van der Waals surface area contributed by atoms with E-state index in [9.17, 15) is 22.4 Å². The predicted molar refractivity (Wildman–Crippen MR) is 115 cm³/mol. The fourth-order valence-corrected chi connectivity index (χ4v) is 5.59. The number of nitrogens with zero attached hydrogens (tertiary/aromatic N) is 1. The van der Waals surface area contributed by atoms with Crippen molar-refractivity contribution in [1.82, 2.24) is 4.31 Å². The maximum absolute atomic E-state index is 13.5. The molecule has 4 rings (SSSR count). The number of rotatable bonds is 4. The molecule has 31 heavy (non-hydrogen) atoms. The molecule has 2 heterocycles. The van der Waals surface area contributed by atoms with Gasteiger partial charge in [0.1, 0.15) is 5.82 Å². The minimum absolute atomic E-state index is 0.0741. The third kappa shape index (κ3) is 4.33. The highest BCUT2D eigenvalue weighted by molar-refractivity contribution is 7.89. The fourth-order valence-electron chi connectivity index (χ4n) is 4.04. The summed E-state index contributed by atoms with van der Waals surface area (Å²) in [7, 11) is -3.65. The average Bonchev–Trinajstić information content (AvgIpc) is 2.74. The number of piperidine rings is 1. The second-order valence-electron chi connectivity index (χ2n) is 7.97. The third-order valence-corrected chi connectivity index (χ3v) is 7.69. The van der Waals surface area contributed by atoms with Crippen LogP contribution in [-0.4, -0.2) is 37.6 Å². The first kappa shape index (κ1) is 21.5. The average molecular weight is 446 g/mol. The van der Waals surface area contributed by atoms with Gasteiger partial charge in [-0.2, -0.15) is 4.31 Å². The van der Waals surface area contributed by atoms with Crippen molar-refractivity contribution < 1.29 is 22.4 Å². The molecule has 0 aliphatic carbocycles. The van der Waals surface area contributed by atoms with E-state index in [0.717, 1.165) is 19.3 Å². The summed E-state index contributed by atoms with van der Waals surface area (Å²) in [6.45, 7) is 2.74. The summed E-state index contributed by atoms with van der Waals surface area (Å²) >= 11 is 0. The van der Waals surface area contributed by atoms with Crippen molar-refractivity contribution in [2.45, 2.75) is 43.4 Å². The number of hydrogen-bond donors (Lipinski definition) is 2. The van der Waals surface area contributed by atoms with Gasteiger partial charge >= 0.3 is 0 Å². The molecule has 1 fully saturated rings. The van der Waals surface area contributed by atoms with Gasteiger partial charge in [-0.05, 0) is 55.2 Å². The lowest BCUT2D eigenvalue weighted by atomic mass is 9.89. The number of aryl methyl sites for hydroxylation is 1. The topological polar surface area (TPSA) is 95.6 Å². The van der Waals surface area contributed by atoms with E-state index in [4.69, 9.17) is 0 Å². The molecular weight excluding hydrogens is 421 g/mol. The van der Waals surface area contributed by atoms with Crippen molar-refractivity contribution in [3.63, 3.8) is 0 Å². The lowest BCUT2D eigenvalue weighted by Gasteiger charge is -2.27. The van der Waals surface area contributed by atoms with E-state index < -0.39 is 27.7 Å². The molecule has 7 nitrogen and oxygen atoms in total. The van der Waals surface area contributed by atoms with Crippen LogP contribution in [-0.2, 0) is 19.6 Å². The maximum Gasteiger partial charge on any atom is 0.243 e. The van der Waals surface area contributed by atoms with E-state index in [1.807, 2.05) is 0 Å². The Bertz CT molecular complexity index is 1140. The summed E-state index contributed by atoms with van der Waals surface area (Å²) in [5, 5.41) is 5.36. The van der Waals surface area contributed by atoms with Crippen LogP contribution >= 0.6 is 0 Å². The Labute approximate surface area is 180 Å². The molecule has 9 heteroatoms. The Kier molecular flexibility index (Phi) is 5.81. The summed E-state index contributed by atoms with van der Waals surface area (Å²) in [6, 6.07) is 8.58. The molecule has 2 amide bonds. The van der Waals surface area contributed by atoms with Crippen molar-refractivity contribution in [2.24, 2.45) is 0 Å². The minimum Gasteiger partial charge on any atom is -0.326 e. The largest absolute Gasteiger partial charge is 0.326 e. The van der Waals surface area contributed by atoms with Gasteiger partial charge in [-0.25, -0.2) is 12.8 Å². The number of anilines is 2. The van der Waals surface area contributed by atoms with E-state index in [2.05, 4.69) is 10.6 Å². The number of halogens is 1. The van der Waals surface area contributed by atoms with Crippen molar-refractivity contribution in [3.05, 3.63) is 53.3 Å². The second-order valence-corrected chi connectivity index (χ2v) is 9.91. The molecule has 2 aromatic carbocycles. The number of sulfonamides is 1. The molecule has 164 valence electrons. The van der Waals surface area contributed by atoms with E-state index in [1.165, 1.54) is 28.6 Å². The van der Waals surface area contributed by atoms with Crippen LogP contribution in [0.4, 0.5) is 15.8 Å². The molecule has 1 saturated heterocycles. The first-order chi connectivity index (χ1) is 14.8. The zero-order chi connectivity index (χ0) is 22.2. The van der Waals surface area contributed by atoms with E-state index in [-0.39, 0.29) is 22.9 Å². The van der Waals surface area contributed by atoms with Crippen molar-refractivity contribution in [1.29, 1.82) is 0 Å². The Morgan fingerprint density at radius 3 is 2.61 bits per heavy atom. The molecule has 2 N–H and O–H groups in total. The number of amides is 2. The van der Waals surface area contributed by atoms with Gasteiger partial charge in [-0.3, -0.25) is 9.59 Å². The number of hydrogen-bond acceptors (Lipinski definition) is 4. The quantitative estimate of drug-likeness (QED) is 0.754. The highest BCUT2D eigenvalue weighted by Crippen LogP contribution is 2.34. The Morgan fingerprint density at radius 2 is 1.87 bits per heavy atom. The van der Waals surface area contributed by atoms with Crippen LogP contribution in [0.25, 0.3) is 0 Å². The predicted octanol–water partition coefficient (Wildman–Crippen LogP) is 3.37. The van der Waals surface area contributed by atoms with Gasteiger partial charge in [-0.1, -0.05) is 18.6 Å². The number of benzene rings is 2. The van der Waals surface area contributed by atoms with Crippen LogP contribution in [0, 0.1) is 12.7 Å². The minimum atomic E-state index is -3.65. The lowest BCUT2D eigenvalue weighted by molar-refractivity contribution is -0.123. The maximum atomic E-state index is 13.5. The first-order valence-corrected chi connectivity index (χ1v) is 11.7. The van der Waals surface area contributed by atoms with Gasteiger partial charge in [0.2, 0.25) is 21.8 Å². The summed E-state index contributed by atoms with van der Waals surface area (Å²) in [5.74, 6) is -2.13. The van der Waals surface area contributed by atoms with Crippen molar-refractivity contribution in [3.8, 4) is 0 Å². The summed E-state index contributed by atoms with van der Waals surface area (Å²) in [5.41, 5.74) is 1.87. The normalized spacial score (nSPS) is 19.4. The van der Waals surface area contributed by atoms with Crippen LogP contribution in [0.3, 0.4) is 0 Å². The number of carbonyl (C=O) groups excluding carboxylic acids is 2. The van der Waals surface area contributed by atoms with Gasteiger partial charge in [-0.15, -0.1) is 0 Å². The van der Waals surface area contributed by atoms with E-state index in [1.54, 1.807) is 19.1 Å². The molecule has 2 aliphatic rings. The molecule has 2 aliphatic heterocycles. The van der Waals surface area contributed by atoms with Gasteiger partial charge in [0.05, 0.1) is 10.8 Å². The molecule has 0 bridgehead atoms. The summed E-state index contributed by atoms with van der Waals surface area (Å²) < 4.78 is 41.0. The Morgan fingerprint density at radius 1 is 1.13 bits per heavy atom. The Balaban J connectivity index is 1.61. The number of carbonyl (C=O) groups is 2. The number of nitrogens with one attached hydrogen (secondary N) is 2. The van der Waals surface area contributed by atoms with Gasteiger partial charge in [0.15, 0.2) is 0 Å². The monoisotopic (exact) mass is 445 g/mol. The van der Waals surface area contributed by atoms with Crippen LogP contribution in [0.5, 0.6) is 0 Å². The van der Waals surface area contributed by atoms with Crippen LogP contribution in [0.15, 0.2) is 41.3 Å². The van der Waals surface area contributed by atoms with Crippen LogP contribution in [0.1, 0.15) is 42.7 Å². The molecular formula is C22H24FN3O4S. The van der Waals surface area contributed by atoms with Gasteiger partial charge in [0, 0.05) is 30.9 Å². The zero-order valence-electron chi connectivity index (χ0n) is 17.2. The van der Waals surface area contributed by atoms with E-state index >= 15 is 0 Å². The van der Waals surface area contributed by atoms with Gasteiger partial charge < -0.3 is 10.6 Å². The SMILES string of the molecule is Cc1ccc(S(=O)(=O)N2CCCCC2)cc1NC(=O)C1CC(=O)Nc2cc(F)ccc21. The first-order valence-electron chi connectivity index (χ1n) is 10.3. The van der Waals surface area contributed by atoms with Crippen LogP contribution in [0.2, 0.25) is 0 Å². The smallest absolute Gasteiger partial charge is 0.243 e. The van der Waals surface area contributed by atoms with Crippen molar-refractivity contribution >= 4 is 33.2 Å². The summed E-state index contributed by atoms with van der Waals surface area (Å²) in [6.07, 6.45) is 2.60. The molecule has 1 unspecified atom stereocenters. The molecule has 0 aromatic heterocycles. The fraction of sp³-hybridized carbons (Fsp3) is 0.364. The summed E-state index contributed by atoms with van der Waals surface area (Å²) in [4.78, 5) is 25.2. The standard InChI is InChI=1S/C22H24FN3O4S/c1-14-5-7-16(31(29,30)26-9-3-2-4-10-26)12-19(14)25-22(28)18-13-21(27)24-20-11-15(23)6-8-17(18)20/h5-8,11-12,18H,2-4,9-10,13H2,1H3,(H,24,27)(H,25,28). The molecule has 0 spiro atoms. The van der Waals surface area contributed by atoms with Crippen LogP contribution < -0.4 is 10.6 Å². The van der Waals surface area contributed by atoms with E-state index in [0.29, 0.717) is 29.9 Å². The van der Waals surface area contributed by atoms with Gasteiger partial charge in [0.25, 0.3) is 0 Å². The lowest BCUT2D eigenvalue weighted by Crippen LogP contribution is -2.35.